The molecular formula is C10H22N2O2S. The first-order valence-corrected chi connectivity index (χ1v) is 7.11. The van der Waals surface area contributed by atoms with Crippen molar-refractivity contribution in [1.82, 2.24) is 4.31 Å². The molecule has 0 heterocycles. The van der Waals surface area contributed by atoms with Crippen molar-refractivity contribution in [2.45, 2.75) is 32.7 Å². The van der Waals surface area contributed by atoms with Gasteiger partial charge in [-0.05, 0) is 24.7 Å². The fraction of sp³-hybridized carbons (Fsp3) is 1.00. The van der Waals surface area contributed by atoms with Crippen LogP contribution in [0.25, 0.3) is 0 Å². The standard InChI is InChI=1S/C10H22N2O2S/c1-8(2)7-15(13,14)12(3)6-9-4-10(11)5-9/h8-10H,4-7,11H2,1-3H3. The summed E-state index contributed by atoms with van der Waals surface area (Å²) in [5.41, 5.74) is 5.67. The van der Waals surface area contributed by atoms with Gasteiger partial charge in [-0.25, -0.2) is 12.7 Å². The Labute approximate surface area is 92.9 Å². The molecule has 1 aliphatic carbocycles. The highest BCUT2D eigenvalue weighted by Crippen LogP contribution is 2.26. The van der Waals surface area contributed by atoms with Gasteiger partial charge in [0.2, 0.25) is 10.0 Å². The van der Waals surface area contributed by atoms with Gasteiger partial charge in [0.05, 0.1) is 5.75 Å². The van der Waals surface area contributed by atoms with Crippen molar-refractivity contribution in [3.05, 3.63) is 0 Å². The summed E-state index contributed by atoms with van der Waals surface area (Å²) in [6.07, 6.45) is 1.92. The molecule has 5 heteroatoms. The summed E-state index contributed by atoms with van der Waals surface area (Å²) in [7, 11) is -1.39. The van der Waals surface area contributed by atoms with Crippen LogP contribution in [0.2, 0.25) is 0 Å². The van der Waals surface area contributed by atoms with Crippen LogP contribution < -0.4 is 5.73 Å². The fourth-order valence-electron chi connectivity index (χ4n) is 1.96. The lowest BCUT2D eigenvalue weighted by Gasteiger charge is -2.35. The Hall–Kier alpha value is -0.130. The molecular weight excluding hydrogens is 212 g/mol. The van der Waals surface area contributed by atoms with Crippen LogP contribution in [0.5, 0.6) is 0 Å². The summed E-state index contributed by atoms with van der Waals surface area (Å²) in [5.74, 6) is 0.885. The first-order valence-electron chi connectivity index (χ1n) is 5.51. The minimum atomic E-state index is -3.06. The lowest BCUT2D eigenvalue weighted by atomic mass is 9.81. The van der Waals surface area contributed by atoms with E-state index in [2.05, 4.69) is 0 Å². The van der Waals surface area contributed by atoms with Gasteiger partial charge in [0.25, 0.3) is 0 Å². The van der Waals surface area contributed by atoms with Crippen LogP contribution in [0.15, 0.2) is 0 Å². The molecule has 1 fully saturated rings. The van der Waals surface area contributed by atoms with E-state index in [4.69, 9.17) is 5.73 Å². The molecule has 0 atom stereocenters. The lowest BCUT2D eigenvalue weighted by Crippen LogP contribution is -2.44. The number of hydrogen-bond donors (Lipinski definition) is 1. The van der Waals surface area contributed by atoms with E-state index in [1.54, 1.807) is 7.05 Å². The van der Waals surface area contributed by atoms with Crippen LogP contribution in [0, 0.1) is 11.8 Å². The second-order valence-electron chi connectivity index (χ2n) is 5.05. The topological polar surface area (TPSA) is 63.4 Å². The second kappa shape index (κ2) is 4.80. The normalized spacial score (nSPS) is 27.1. The average Bonchev–Trinajstić information content (AvgIpc) is 1.98. The summed E-state index contributed by atoms with van der Waals surface area (Å²) in [5, 5.41) is 0. The molecule has 0 aromatic rings. The molecule has 0 spiro atoms. The van der Waals surface area contributed by atoms with Crippen LogP contribution in [0.3, 0.4) is 0 Å². The molecule has 0 aliphatic heterocycles. The van der Waals surface area contributed by atoms with Gasteiger partial charge in [0.15, 0.2) is 0 Å². The number of hydrogen-bond acceptors (Lipinski definition) is 3. The maximum absolute atomic E-state index is 11.8. The van der Waals surface area contributed by atoms with E-state index in [9.17, 15) is 8.42 Å². The minimum absolute atomic E-state index is 0.182. The summed E-state index contributed by atoms with van der Waals surface area (Å²) in [4.78, 5) is 0. The van der Waals surface area contributed by atoms with Crippen molar-refractivity contribution in [1.29, 1.82) is 0 Å². The second-order valence-corrected chi connectivity index (χ2v) is 7.17. The molecule has 0 bridgehead atoms. The van der Waals surface area contributed by atoms with Gasteiger partial charge in [0.1, 0.15) is 0 Å². The Kier molecular flexibility index (Phi) is 4.14. The zero-order valence-electron chi connectivity index (χ0n) is 9.81. The van der Waals surface area contributed by atoms with Crippen LogP contribution in [-0.4, -0.2) is 38.1 Å². The van der Waals surface area contributed by atoms with Gasteiger partial charge in [-0.15, -0.1) is 0 Å². The van der Waals surface area contributed by atoms with E-state index in [1.807, 2.05) is 13.8 Å². The van der Waals surface area contributed by atoms with Gasteiger partial charge in [-0.2, -0.15) is 0 Å². The first-order chi connectivity index (χ1) is 6.81. The van der Waals surface area contributed by atoms with Crippen LogP contribution >= 0.6 is 0 Å². The third kappa shape index (κ3) is 3.74. The summed E-state index contributed by atoms with van der Waals surface area (Å²) < 4.78 is 25.1. The molecule has 4 nitrogen and oxygen atoms in total. The van der Waals surface area contributed by atoms with Crippen molar-refractivity contribution < 1.29 is 8.42 Å². The Morgan fingerprint density at radius 1 is 1.40 bits per heavy atom. The van der Waals surface area contributed by atoms with Crippen LogP contribution in [0.4, 0.5) is 0 Å². The van der Waals surface area contributed by atoms with Gasteiger partial charge < -0.3 is 5.73 Å². The first kappa shape index (κ1) is 12.9. The molecule has 0 radical (unpaired) electrons. The van der Waals surface area contributed by atoms with Crippen LogP contribution in [0.1, 0.15) is 26.7 Å². The molecule has 0 aromatic heterocycles. The van der Waals surface area contributed by atoms with Gasteiger partial charge >= 0.3 is 0 Å². The highest BCUT2D eigenvalue weighted by Gasteiger charge is 2.30. The fourth-order valence-corrected chi connectivity index (χ4v) is 3.50. The van der Waals surface area contributed by atoms with E-state index in [0.717, 1.165) is 12.8 Å². The monoisotopic (exact) mass is 234 g/mol. The average molecular weight is 234 g/mol. The van der Waals surface area contributed by atoms with E-state index in [1.165, 1.54) is 4.31 Å². The van der Waals surface area contributed by atoms with E-state index >= 15 is 0 Å². The van der Waals surface area contributed by atoms with E-state index < -0.39 is 10.0 Å². The summed E-state index contributed by atoms with van der Waals surface area (Å²) in [6.45, 7) is 4.47. The highest BCUT2D eigenvalue weighted by molar-refractivity contribution is 7.89. The summed E-state index contributed by atoms with van der Waals surface area (Å²) in [6, 6.07) is 0.288. The minimum Gasteiger partial charge on any atom is -0.328 e. The van der Waals surface area contributed by atoms with Crippen molar-refractivity contribution in [3.63, 3.8) is 0 Å². The maximum atomic E-state index is 11.8. The molecule has 1 rings (SSSR count). The molecule has 0 aromatic carbocycles. The number of rotatable bonds is 5. The number of sulfonamides is 1. The van der Waals surface area contributed by atoms with E-state index in [0.29, 0.717) is 12.5 Å². The number of nitrogens with two attached hydrogens (primary N) is 1. The molecule has 0 unspecified atom stereocenters. The van der Waals surface area contributed by atoms with Gasteiger partial charge in [-0.1, -0.05) is 13.8 Å². The van der Waals surface area contributed by atoms with Gasteiger partial charge in [-0.3, -0.25) is 0 Å². The van der Waals surface area contributed by atoms with Crippen LogP contribution in [-0.2, 0) is 10.0 Å². The number of nitrogens with zero attached hydrogens (tertiary/aromatic N) is 1. The Morgan fingerprint density at radius 3 is 2.33 bits per heavy atom. The molecule has 1 aliphatic rings. The Bertz CT molecular complexity index is 295. The van der Waals surface area contributed by atoms with Crippen molar-refractivity contribution in [2.24, 2.45) is 17.6 Å². The van der Waals surface area contributed by atoms with Gasteiger partial charge in [0, 0.05) is 19.6 Å². The zero-order valence-corrected chi connectivity index (χ0v) is 10.6. The molecule has 0 saturated heterocycles. The summed E-state index contributed by atoms with van der Waals surface area (Å²) >= 11 is 0. The van der Waals surface area contributed by atoms with Crippen molar-refractivity contribution in [2.75, 3.05) is 19.3 Å². The third-order valence-electron chi connectivity index (χ3n) is 2.81. The lowest BCUT2D eigenvalue weighted by molar-refractivity contribution is 0.227. The quantitative estimate of drug-likeness (QED) is 0.759. The predicted octanol–water partition coefficient (Wildman–Crippen LogP) is 0.641. The zero-order chi connectivity index (χ0) is 11.6. The highest BCUT2D eigenvalue weighted by atomic mass is 32.2. The largest absolute Gasteiger partial charge is 0.328 e. The molecule has 1 saturated carbocycles. The third-order valence-corrected chi connectivity index (χ3v) is 4.99. The Morgan fingerprint density at radius 2 is 1.93 bits per heavy atom. The molecule has 0 amide bonds. The predicted molar refractivity (Wildman–Crippen MR) is 62.0 cm³/mol. The molecule has 2 N–H and O–H groups in total. The van der Waals surface area contributed by atoms with Crippen molar-refractivity contribution >= 4 is 10.0 Å². The molecule has 90 valence electrons. The van der Waals surface area contributed by atoms with E-state index in [-0.39, 0.29) is 17.7 Å². The Balaban J connectivity index is 2.42. The van der Waals surface area contributed by atoms with Crippen molar-refractivity contribution in [3.8, 4) is 0 Å². The maximum Gasteiger partial charge on any atom is 0.214 e. The molecule has 15 heavy (non-hydrogen) atoms. The smallest absolute Gasteiger partial charge is 0.214 e. The SMILES string of the molecule is CC(C)CS(=O)(=O)N(C)CC1CC(N)C1.